The molecule has 0 aliphatic heterocycles. The fraction of sp³-hybridized carbons (Fsp3) is 0.227. The van der Waals surface area contributed by atoms with Crippen molar-refractivity contribution < 1.29 is 8.94 Å². The highest BCUT2D eigenvalue weighted by atomic mass is 32.2. The third kappa shape index (κ3) is 3.64. The van der Waals surface area contributed by atoms with Crippen molar-refractivity contribution in [1.82, 2.24) is 25.3 Å². The highest BCUT2D eigenvalue weighted by Crippen LogP contribution is 2.37. The number of hydrogen-bond donors (Lipinski definition) is 0. The van der Waals surface area contributed by atoms with Gasteiger partial charge in [0.1, 0.15) is 32.7 Å². The topological polar surface area (TPSA) is 90.7 Å². The molecule has 4 aromatic heterocycles. The van der Waals surface area contributed by atoms with Crippen LogP contribution in [0.1, 0.15) is 27.9 Å². The van der Waals surface area contributed by atoms with Crippen LogP contribution in [0.2, 0.25) is 0 Å². The average molecular weight is 450 g/mol. The Bertz CT molecular complexity index is 1390. The molecule has 0 bridgehead atoms. The Kier molecular flexibility index (Phi) is 5.07. The standard InChI is InChI=1S/C22H19N5O2S2/c1-11-13(3)31-22-17(11)21(23-14(4)24-22)30-10-16-25-26-20(28-16)18-12(2)29-27-19(18)15-8-6-5-7-9-15/h5-9H,10H2,1-4H3. The van der Waals surface area contributed by atoms with Crippen molar-refractivity contribution in [3.05, 3.63) is 58.2 Å². The highest BCUT2D eigenvalue weighted by molar-refractivity contribution is 7.98. The van der Waals surface area contributed by atoms with Gasteiger partial charge in [0.15, 0.2) is 0 Å². The molecule has 5 aromatic rings. The average Bonchev–Trinajstić information content (AvgIpc) is 3.45. The lowest BCUT2D eigenvalue weighted by molar-refractivity contribution is 0.399. The maximum Gasteiger partial charge on any atom is 0.253 e. The van der Waals surface area contributed by atoms with Crippen LogP contribution in [0.15, 0.2) is 44.3 Å². The van der Waals surface area contributed by atoms with E-state index in [0.29, 0.717) is 29.0 Å². The van der Waals surface area contributed by atoms with Gasteiger partial charge in [-0.2, -0.15) is 0 Å². The molecule has 0 aliphatic carbocycles. The molecule has 7 nitrogen and oxygen atoms in total. The number of aryl methyl sites for hydroxylation is 4. The van der Waals surface area contributed by atoms with E-state index in [1.807, 2.05) is 44.2 Å². The SMILES string of the molecule is Cc1nc(SCc2nnc(-c3c(-c4ccccc4)noc3C)o2)c2c(C)c(C)sc2n1. The summed E-state index contributed by atoms with van der Waals surface area (Å²) in [5, 5.41) is 14.8. The molecule has 0 saturated heterocycles. The molecule has 5 rings (SSSR count). The van der Waals surface area contributed by atoms with Crippen LogP contribution in [-0.4, -0.2) is 25.3 Å². The summed E-state index contributed by atoms with van der Waals surface area (Å²) in [7, 11) is 0. The Balaban J connectivity index is 1.44. The molecule has 4 heterocycles. The predicted molar refractivity (Wildman–Crippen MR) is 121 cm³/mol. The van der Waals surface area contributed by atoms with Crippen LogP contribution in [-0.2, 0) is 5.75 Å². The van der Waals surface area contributed by atoms with Gasteiger partial charge in [0.2, 0.25) is 5.89 Å². The number of rotatable bonds is 5. The number of thioether (sulfide) groups is 1. The molecule has 0 unspecified atom stereocenters. The molecule has 0 amide bonds. The van der Waals surface area contributed by atoms with E-state index in [2.05, 4.69) is 39.2 Å². The number of nitrogens with zero attached hydrogens (tertiary/aromatic N) is 5. The lowest BCUT2D eigenvalue weighted by Gasteiger charge is -2.03. The minimum atomic E-state index is 0.403. The van der Waals surface area contributed by atoms with E-state index in [1.54, 1.807) is 23.1 Å². The van der Waals surface area contributed by atoms with Gasteiger partial charge >= 0.3 is 0 Å². The van der Waals surface area contributed by atoms with Crippen molar-refractivity contribution in [1.29, 1.82) is 0 Å². The number of thiophene rings is 1. The van der Waals surface area contributed by atoms with Crippen molar-refractivity contribution in [3.63, 3.8) is 0 Å². The second-order valence-electron chi connectivity index (χ2n) is 7.16. The Labute approximate surface area is 186 Å². The van der Waals surface area contributed by atoms with Crippen molar-refractivity contribution in [2.24, 2.45) is 0 Å². The molecular formula is C22H19N5O2S2. The fourth-order valence-electron chi connectivity index (χ4n) is 3.38. The van der Waals surface area contributed by atoms with Gasteiger partial charge in [0.05, 0.1) is 5.75 Å². The molecule has 0 atom stereocenters. The van der Waals surface area contributed by atoms with Gasteiger partial charge in [0.25, 0.3) is 5.89 Å². The first-order valence-corrected chi connectivity index (χ1v) is 11.5. The van der Waals surface area contributed by atoms with E-state index in [-0.39, 0.29) is 0 Å². The summed E-state index contributed by atoms with van der Waals surface area (Å²) in [6.07, 6.45) is 0. The molecule has 0 spiro atoms. The van der Waals surface area contributed by atoms with Crippen LogP contribution in [0.3, 0.4) is 0 Å². The number of benzene rings is 1. The third-order valence-electron chi connectivity index (χ3n) is 5.03. The predicted octanol–water partition coefficient (Wildman–Crippen LogP) is 5.92. The molecule has 31 heavy (non-hydrogen) atoms. The minimum absolute atomic E-state index is 0.403. The molecule has 9 heteroatoms. The van der Waals surface area contributed by atoms with Gasteiger partial charge < -0.3 is 8.94 Å². The van der Waals surface area contributed by atoms with E-state index in [1.165, 1.54) is 10.4 Å². The summed E-state index contributed by atoms with van der Waals surface area (Å²) in [4.78, 5) is 11.5. The summed E-state index contributed by atoms with van der Waals surface area (Å²) in [6.45, 7) is 7.98. The molecule has 1 aromatic carbocycles. The van der Waals surface area contributed by atoms with Crippen LogP contribution < -0.4 is 0 Å². The number of hydrogen-bond acceptors (Lipinski definition) is 9. The first-order valence-electron chi connectivity index (χ1n) is 9.73. The van der Waals surface area contributed by atoms with E-state index in [4.69, 9.17) is 8.94 Å². The summed E-state index contributed by atoms with van der Waals surface area (Å²) < 4.78 is 11.4. The Morgan fingerprint density at radius 1 is 1.00 bits per heavy atom. The summed E-state index contributed by atoms with van der Waals surface area (Å²) >= 11 is 3.28. The van der Waals surface area contributed by atoms with Crippen molar-refractivity contribution in [2.45, 2.75) is 38.5 Å². The number of aromatic nitrogens is 5. The number of fused-ring (bicyclic) bond motifs is 1. The molecule has 156 valence electrons. The van der Waals surface area contributed by atoms with E-state index in [0.717, 1.165) is 32.2 Å². The summed E-state index contributed by atoms with van der Waals surface area (Å²) in [5.74, 6) is 2.83. The van der Waals surface area contributed by atoms with Crippen molar-refractivity contribution >= 4 is 33.3 Å². The van der Waals surface area contributed by atoms with Crippen LogP contribution in [0.4, 0.5) is 0 Å². The zero-order valence-electron chi connectivity index (χ0n) is 17.5. The van der Waals surface area contributed by atoms with Gasteiger partial charge in [-0.1, -0.05) is 47.3 Å². The first kappa shape index (κ1) is 19.9. The van der Waals surface area contributed by atoms with Gasteiger partial charge in [-0.25, -0.2) is 9.97 Å². The molecule has 0 N–H and O–H groups in total. The largest absolute Gasteiger partial charge is 0.420 e. The van der Waals surface area contributed by atoms with Gasteiger partial charge in [0, 0.05) is 15.8 Å². The summed E-state index contributed by atoms with van der Waals surface area (Å²) in [5.41, 5.74) is 3.57. The quantitative estimate of drug-likeness (QED) is 0.241. The van der Waals surface area contributed by atoms with Gasteiger partial charge in [-0.05, 0) is 33.3 Å². The lowest BCUT2D eigenvalue weighted by Crippen LogP contribution is -1.92. The molecule has 0 saturated carbocycles. The molecular weight excluding hydrogens is 430 g/mol. The second kappa shape index (κ2) is 7.90. The third-order valence-corrected chi connectivity index (χ3v) is 7.09. The Morgan fingerprint density at radius 2 is 1.81 bits per heavy atom. The van der Waals surface area contributed by atoms with Crippen LogP contribution >= 0.6 is 23.1 Å². The van der Waals surface area contributed by atoms with Crippen LogP contribution in [0.25, 0.3) is 32.9 Å². The second-order valence-corrected chi connectivity index (χ2v) is 9.32. The smallest absolute Gasteiger partial charge is 0.253 e. The fourth-order valence-corrected chi connectivity index (χ4v) is 5.49. The van der Waals surface area contributed by atoms with Crippen molar-refractivity contribution in [3.8, 4) is 22.7 Å². The van der Waals surface area contributed by atoms with Crippen LogP contribution in [0.5, 0.6) is 0 Å². The molecule has 0 radical (unpaired) electrons. The van der Waals surface area contributed by atoms with Gasteiger partial charge in [-0.15, -0.1) is 21.5 Å². The maximum absolute atomic E-state index is 5.99. The zero-order valence-corrected chi connectivity index (χ0v) is 19.1. The van der Waals surface area contributed by atoms with Crippen LogP contribution in [0, 0.1) is 27.7 Å². The minimum Gasteiger partial charge on any atom is -0.420 e. The van der Waals surface area contributed by atoms with E-state index >= 15 is 0 Å². The van der Waals surface area contributed by atoms with Gasteiger partial charge in [-0.3, -0.25) is 0 Å². The van der Waals surface area contributed by atoms with E-state index in [9.17, 15) is 0 Å². The lowest BCUT2D eigenvalue weighted by atomic mass is 10.1. The monoisotopic (exact) mass is 449 g/mol. The highest BCUT2D eigenvalue weighted by Gasteiger charge is 2.22. The Hall–Kier alpha value is -3.04. The maximum atomic E-state index is 5.99. The Morgan fingerprint density at radius 3 is 2.61 bits per heavy atom. The molecule has 0 aliphatic rings. The zero-order chi connectivity index (χ0) is 21.5. The molecule has 0 fully saturated rings. The summed E-state index contributed by atoms with van der Waals surface area (Å²) in [6, 6.07) is 9.82. The first-order chi connectivity index (χ1) is 15.0. The normalized spacial score (nSPS) is 11.5. The van der Waals surface area contributed by atoms with Crippen molar-refractivity contribution in [2.75, 3.05) is 0 Å². The van der Waals surface area contributed by atoms with E-state index < -0.39 is 0 Å².